The molecular formula is C20H30N5O5S2+. The Morgan fingerprint density at radius 2 is 1.97 bits per heavy atom. The van der Waals surface area contributed by atoms with Gasteiger partial charge in [0.05, 0.1) is 38.0 Å². The van der Waals surface area contributed by atoms with Crippen molar-refractivity contribution in [2.45, 2.75) is 37.6 Å². The maximum Gasteiger partial charge on any atom is 0.263 e. The predicted molar refractivity (Wildman–Crippen MR) is 121 cm³/mol. The molecule has 2 aliphatic heterocycles. The summed E-state index contributed by atoms with van der Waals surface area (Å²) in [6.45, 7) is 7.02. The van der Waals surface area contributed by atoms with E-state index in [0.717, 1.165) is 52.1 Å². The van der Waals surface area contributed by atoms with Gasteiger partial charge in [-0.3, -0.25) is 14.2 Å². The van der Waals surface area contributed by atoms with Crippen LogP contribution in [0.25, 0.3) is 10.2 Å². The minimum atomic E-state index is -3.79. The summed E-state index contributed by atoms with van der Waals surface area (Å²) < 4.78 is 34.6. The van der Waals surface area contributed by atoms with Gasteiger partial charge < -0.3 is 15.0 Å². The van der Waals surface area contributed by atoms with Crippen molar-refractivity contribution < 1.29 is 22.8 Å². The van der Waals surface area contributed by atoms with Gasteiger partial charge in [-0.2, -0.15) is 4.31 Å². The lowest BCUT2D eigenvalue weighted by Gasteiger charge is -2.25. The number of carbonyl (C=O) groups is 1. The number of hydrogen-bond donors (Lipinski definition) is 2. The van der Waals surface area contributed by atoms with Crippen molar-refractivity contribution in [3.05, 3.63) is 21.6 Å². The highest BCUT2D eigenvalue weighted by atomic mass is 32.2. The third-order valence-electron chi connectivity index (χ3n) is 6.03. The number of quaternary nitrogens is 1. The van der Waals surface area contributed by atoms with Crippen LogP contribution in [0, 0.1) is 6.92 Å². The van der Waals surface area contributed by atoms with Gasteiger partial charge in [0.15, 0.2) is 0 Å². The second kappa shape index (κ2) is 9.96. The second-order valence-corrected chi connectivity index (χ2v) is 11.4. The Hall–Kier alpha value is -1.86. The van der Waals surface area contributed by atoms with Crippen molar-refractivity contribution >= 4 is 37.5 Å². The zero-order valence-electron chi connectivity index (χ0n) is 18.3. The molecule has 0 aliphatic carbocycles. The number of nitrogens with zero attached hydrogens (tertiary/aromatic N) is 3. The molecule has 0 spiro atoms. The number of carbonyl (C=O) groups excluding carboxylic acids is 1. The highest BCUT2D eigenvalue weighted by Gasteiger charge is 2.32. The lowest BCUT2D eigenvalue weighted by atomic mass is 10.2. The lowest BCUT2D eigenvalue weighted by molar-refractivity contribution is -0.906. The molecule has 2 saturated heterocycles. The van der Waals surface area contributed by atoms with Crippen LogP contribution in [0.5, 0.6) is 0 Å². The van der Waals surface area contributed by atoms with Gasteiger partial charge in [0, 0.05) is 18.0 Å². The van der Waals surface area contributed by atoms with Crippen LogP contribution in [0.4, 0.5) is 0 Å². The summed E-state index contributed by atoms with van der Waals surface area (Å²) >= 11 is 1.20. The van der Waals surface area contributed by atoms with E-state index in [1.807, 2.05) is 0 Å². The van der Waals surface area contributed by atoms with Gasteiger partial charge in [-0.15, -0.1) is 11.3 Å². The number of sulfonamides is 1. The normalized spacial score (nSPS) is 18.8. The van der Waals surface area contributed by atoms with E-state index < -0.39 is 15.6 Å². The molecule has 0 atom stereocenters. The summed E-state index contributed by atoms with van der Waals surface area (Å²) in [6, 6.07) is 0. The molecule has 4 rings (SSSR count). The van der Waals surface area contributed by atoms with Gasteiger partial charge in [-0.05, 0) is 19.8 Å². The Bertz CT molecular complexity index is 1130. The minimum Gasteiger partial charge on any atom is -0.370 e. The standard InChI is InChI=1S/C20H29N5O5S2/c1-15-18(32(28,29)25-6-3-2-4-7-25)17-19(31-15)22-14-24(20(17)27)13-16(26)21-5-8-23-9-11-30-12-10-23/h14H,2-13H2,1H3,(H,21,26)/p+1. The number of hydrogen-bond acceptors (Lipinski definition) is 7. The summed E-state index contributed by atoms with van der Waals surface area (Å²) in [6.07, 6.45) is 3.96. The molecule has 0 aromatic carbocycles. The van der Waals surface area contributed by atoms with Crippen molar-refractivity contribution in [1.29, 1.82) is 0 Å². The summed E-state index contributed by atoms with van der Waals surface area (Å²) in [5.41, 5.74) is -0.496. The van der Waals surface area contributed by atoms with Gasteiger partial charge in [0.2, 0.25) is 15.9 Å². The molecule has 0 radical (unpaired) electrons. The molecular weight excluding hydrogens is 454 g/mol. The van der Waals surface area contributed by atoms with E-state index >= 15 is 0 Å². The molecule has 10 nitrogen and oxygen atoms in total. The van der Waals surface area contributed by atoms with Crippen LogP contribution in [0.3, 0.4) is 0 Å². The molecule has 176 valence electrons. The largest absolute Gasteiger partial charge is 0.370 e. The Labute approximate surface area is 191 Å². The fraction of sp³-hybridized carbons (Fsp3) is 0.650. The third kappa shape index (κ3) is 4.88. The third-order valence-corrected chi connectivity index (χ3v) is 9.24. The van der Waals surface area contributed by atoms with Gasteiger partial charge in [0.1, 0.15) is 29.4 Å². The van der Waals surface area contributed by atoms with E-state index in [4.69, 9.17) is 4.74 Å². The van der Waals surface area contributed by atoms with Crippen LogP contribution in [0.2, 0.25) is 0 Å². The van der Waals surface area contributed by atoms with E-state index in [2.05, 4.69) is 10.3 Å². The fourth-order valence-corrected chi connectivity index (χ4v) is 7.45. The van der Waals surface area contributed by atoms with Crippen molar-refractivity contribution in [2.75, 3.05) is 52.5 Å². The van der Waals surface area contributed by atoms with Crippen LogP contribution >= 0.6 is 11.3 Å². The maximum atomic E-state index is 13.3. The molecule has 2 aromatic heterocycles. The van der Waals surface area contributed by atoms with Crippen molar-refractivity contribution in [2.24, 2.45) is 0 Å². The number of morpholine rings is 1. The van der Waals surface area contributed by atoms with Crippen LogP contribution in [-0.2, 0) is 26.1 Å². The highest BCUT2D eigenvalue weighted by Crippen LogP contribution is 2.33. The molecule has 2 fully saturated rings. The fourth-order valence-electron chi connectivity index (χ4n) is 4.27. The second-order valence-electron chi connectivity index (χ2n) is 8.27. The minimum absolute atomic E-state index is 0.0441. The number of rotatable bonds is 7. The average molecular weight is 485 g/mol. The summed E-state index contributed by atoms with van der Waals surface area (Å²) in [4.78, 5) is 32.3. The van der Waals surface area contributed by atoms with Gasteiger partial charge in [-0.1, -0.05) is 6.42 Å². The Morgan fingerprint density at radius 1 is 1.25 bits per heavy atom. The first-order valence-electron chi connectivity index (χ1n) is 11.0. The summed E-state index contributed by atoms with van der Waals surface area (Å²) in [5.74, 6) is -0.298. The number of aryl methyl sites for hydroxylation is 1. The molecule has 2 aromatic rings. The summed E-state index contributed by atoms with van der Waals surface area (Å²) in [7, 11) is -3.79. The molecule has 0 bridgehead atoms. The number of amides is 1. The van der Waals surface area contributed by atoms with Crippen LogP contribution in [0.15, 0.2) is 16.0 Å². The number of aromatic nitrogens is 2. The van der Waals surface area contributed by atoms with E-state index in [-0.39, 0.29) is 22.7 Å². The number of thiophene rings is 1. The molecule has 0 saturated carbocycles. The van der Waals surface area contributed by atoms with Crippen molar-refractivity contribution in [3.8, 4) is 0 Å². The highest BCUT2D eigenvalue weighted by molar-refractivity contribution is 7.89. The van der Waals surface area contributed by atoms with Crippen LogP contribution < -0.4 is 15.8 Å². The molecule has 2 N–H and O–H groups in total. The first-order valence-corrected chi connectivity index (χ1v) is 13.3. The van der Waals surface area contributed by atoms with Gasteiger partial charge in [-0.25, -0.2) is 13.4 Å². The topological polar surface area (TPSA) is 115 Å². The maximum absolute atomic E-state index is 13.3. The SMILES string of the molecule is Cc1sc2ncn(CC(=O)NCC[NH+]3CCOCC3)c(=O)c2c1S(=O)(=O)N1CCCCC1. The molecule has 2 aliphatic rings. The molecule has 4 heterocycles. The zero-order valence-corrected chi connectivity index (χ0v) is 19.9. The Kier molecular flexibility index (Phi) is 7.25. The number of fused-ring (bicyclic) bond motifs is 1. The number of ether oxygens (including phenoxy) is 1. The molecule has 12 heteroatoms. The Balaban J connectivity index is 1.52. The molecule has 32 heavy (non-hydrogen) atoms. The van der Waals surface area contributed by atoms with Crippen LogP contribution in [-0.4, -0.2) is 80.7 Å². The number of piperidine rings is 1. The zero-order chi connectivity index (χ0) is 22.7. The predicted octanol–water partition coefficient (Wildman–Crippen LogP) is -1.03. The molecule has 0 unspecified atom stereocenters. The van der Waals surface area contributed by atoms with Crippen molar-refractivity contribution in [3.63, 3.8) is 0 Å². The lowest BCUT2D eigenvalue weighted by Crippen LogP contribution is -3.14. The smallest absolute Gasteiger partial charge is 0.263 e. The van der Waals surface area contributed by atoms with Gasteiger partial charge in [0.25, 0.3) is 5.56 Å². The average Bonchev–Trinajstić information content (AvgIpc) is 3.14. The first-order chi connectivity index (χ1) is 15.4. The Morgan fingerprint density at radius 3 is 2.69 bits per heavy atom. The van der Waals surface area contributed by atoms with E-state index in [9.17, 15) is 18.0 Å². The van der Waals surface area contributed by atoms with Gasteiger partial charge >= 0.3 is 0 Å². The first kappa shape index (κ1) is 23.3. The van der Waals surface area contributed by atoms with Crippen LogP contribution in [0.1, 0.15) is 24.1 Å². The van der Waals surface area contributed by atoms with E-state index in [0.29, 0.717) is 29.3 Å². The quantitative estimate of drug-likeness (QED) is 0.520. The summed E-state index contributed by atoms with van der Waals surface area (Å²) in [5, 5.41) is 2.93. The number of nitrogens with one attached hydrogen (secondary N) is 2. The monoisotopic (exact) mass is 484 g/mol. The van der Waals surface area contributed by atoms with E-state index in [1.165, 1.54) is 31.4 Å². The molecule has 1 amide bonds. The van der Waals surface area contributed by atoms with E-state index in [1.54, 1.807) is 6.92 Å². The van der Waals surface area contributed by atoms with Crippen molar-refractivity contribution in [1.82, 2.24) is 19.2 Å².